The van der Waals surface area contributed by atoms with Gasteiger partial charge >= 0.3 is 23.5 Å². The number of nitrogen functional groups attached to an aromatic ring is 1. The molecule has 8 N–H and O–H groups in total. The first-order valence-electron chi connectivity index (χ1n) is 8.04. The minimum Gasteiger partial charge on any atom is -0.387 e. The Kier molecular flexibility index (Phi) is 7.28. The maximum absolute atomic E-state index is 11.8. The van der Waals surface area contributed by atoms with Crippen LogP contribution in [0.25, 0.3) is 11.2 Å². The van der Waals surface area contributed by atoms with Gasteiger partial charge in [0.05, 0.1) is 12.8 Å². The molecule has 0 bridgehead atoms. The molecular formula is C10H15BrN5O13P3. The predicted molar refractivity (Wildman–Crippen MR) is 103 cm³/mol. The second kappa shape index (κ2) is 9.05. The van der Waals surface area contributed by atoms with Crippen molar-refractivity contribution in [3.63, 3.8) is 0 Å². The van der Waals surface area contributed by atoms with Crippen LogP contribution in [0.5, 0.6) is 0 Å². The van der Waals surface area contributed by atoms with Gasteiger partial charge in [-0.2, -0.15) is 13.6 Å². The average molecular weight is 586 g/mol. The van der Waals surface area contributed by atoms with Gasteiger partial charge in [-0.25, -0.2) is 23.7 Å². The Balaban J connectivity index is 1.73. The molecule has 1 aliphatic rings. The normalized spacial score (nSPS) is 28.0. The second-order valence-corrected chi connectivity index (χ2v) is 11.3. The van der Waals surface area contributed by atoms with Gasteiger partial charge in [0.1, 0.15) is 23.8 Å². The number of phosphoric acid groups is 3. The number of aliphatic hydroxyl groups excluding tert-OH is 2. The molecule has 32 heavy (non-hydrogen) atoms. The zero-order valence-corrected chi connectivity index (χ0v) is 19.5. The summed E-state index contributed by atoms with van der Waals surface area (Å²) in [6.07, 6.45) is -4.86. The van der Waals surface area contributed by atoms with Gasteiger partial charge < -0.3 is 40.3 Å². The van der Waals surface area contributed by atoms with E-state index in [4.69, 9.17) is 25.2 Å². The summed E-state index contributed by atoms with van der Waals surface area (Å²) in [6.45, 7) is -0.972. The monoisotopic (exact) mass is 585 g/mol. The molecule has 22 heteroatoms. The molecule has 0 aliphatic carbocycles. The maximum atomic E-state index is 11.8. The van der Waals surface area contributed by atoms with E-state index >= 15 is 0 Å². The van der Waals surface area contributed by atoms with Gasteiger partial charge in [-0.3, -0.25) is 9.09 Å². The van der Waals surface area contributed by atoms with Crippen LogP contribution in [0.2, 0.25) is 0 Å². The SMILES string of the molecule is Nc1ncc2nc(Br)n([C@@H]3O[C@H](COP(=O)(O)OP(=O)(O)OP(=O)(O)O)[C@@H](O)[C@H]3O)c2n1. The Morgan fingerprint density at radius 2 is 1.75 bits per heavy atom. The third-order valence-electron chi connectivity index (χ3n) is 3.82. The van der Waals surface area contributed by atoms with Crippen LogP contribution in [-0.2, 0) is 31.6 Å². The molecule has 0 radical (unpaired) electrons. The van der Waals surface area contributed by atoms with Crippen molar-refractivity contribution in [3.05, 3.63) is 10.9 Å². The highest BCUT2D eigenvalue weighted by Crippen LogP contribution is 2.66. The molecule has 1 fully saturated rings. The molecule has 1 saturated heterocycles. The van der Waals surface area contributed by atoms with E-state index in [0.29, 0.717) is 0 Å². The number of hydrogen-bond acceptors (Lipinski definition) is 13. The van der Waals surface area contributed by atoms with Crippen molar-refractivity contribution in [2.24, 2.45) is 0 Å². The molecule has 3 rings (SSSR count). The molecule has 1 aliphatic heterocycles. The smallest absolute Gasteiger partial charge is 0.387 e. The number of rotatable bonds is 8. The van der Waals surface area contributed by atoms with Crippen LogP contribution in [0.1, 0.15) is 6.23 Å². The molecular weight excluding hydrogens is 571 g/mol. The lowest BCUT2D eigenvalue weighted by atomic mass is 10.1. The zero-order chi connectivity index (χ0) is 24.1. The summed E-state index contributed by atoms with van der Waals surface area (Å²) in [4.78, 5) is 47.5. The molecule has 18 nitrogen and oxygen atoms in total. The lowest BCUT2D eigenvalue weighted by molar-refractivity contribution is -0.0513. The van der Waals surface area contributed by atoms with Crippen molar-refractivity contribution < 1.29 is 61.4 Å². The Bertz CT molecular complexity index is 1160. The summed E-state index contributed by atoms with van der Waals surface area (Å²) in [6, 6.07) is 0. The lowest BCUT2D eigenvalue weighted by Crippen LogP contribution is -2.33. The second-order valence-electron chi connectivity index (χ2n) is 6.12. The number of phosphoric ester groups is 1. The topological polar surface area (TPSA) is 279 Å². The van der Waals surface area contributed by atoms with Gasteiger partial charge in [0.25, 0.3) is 0 Å². The van der Waals surface area contributed by atoms with Crippen molar-refractivity contribution in [2.75, 3.05) is 12.3 Å². The number of ether oxygens (including phenoxy) is 1. The Hall–Kier alpha value is -0.880. The van der Waals surface area contributed by atoms with Gasteiger partial charge in [-0.1, -0.05) is 0 Å². The number of aromatic nitrogens is 4. The minimum atomic E-state index is -5.71. The van der Waals surface area contributed by atoms with Crippen molar-refractivity contribution >= 4 is 56.5 Å². The van der Waals surface area contributed by atoms with E-state index in [1.54, 1.807) is 0 Å². The Labute approximate surface area is 185 Å². The van der Waals surface area contributed by atoms with Crippen molar-refractivity contribution in [3.8, 4) is 0 Å². The van der Waals surface area contributed by atoms with Crippen molar-refractivity contribution in [2.45, 2.75) is 24.5 Å². The number of aliphatic hydroxyl groups is 2. The van der Waals surface area contributed by atoms with E-state index in [0.717, 1.165) is 0 Å². The van der Waals surface area contributed by atoms with Gasteiger partial charge in [0, 0.05) is 0 Å². The van der Waals surface area contributed by atoms with Crippen LogP contribution in [0.15, 0.2) is 10.9 Å². The summed E-state index contributed by atoms with van der Waals surface area (Å²) in [5.41, 5.74) is 5.92. The largest absolute Gasteiger partial charge is 0.490 e. The van der Waals surface area contributed by atoms with Gasteiger partial charge in [-0.05, 0) is 15.9 Å². The van der Waals surface area contributed by atoms with Crippen molar-refractivity contribution in [1.29, 1.82) is 0 Å². The van der Waals surface area contributed by atoms with Gasteiger partial charge in [-0.15, -0.1) is 0 Å². The number of halogens is 1. The fourth-order valence-electron chi connectivity index (χ4n) is 2.65. The summed E-state index contributed by atoms with van der Waals surface area (Å²) in [7, 11) is -16.7. The molecule has 0 aromatic carbocycles. The first-order chi connectivity index (χ1) is 14.6. The minimum absolute atomic E-state index is 0.109. The predicted octanol–water partition coefficient (Wildman–Crippen LogP) is -0.867. The van der Waals surface area contributed by atoms with Crippen LogP contribution in [0.4, 0.5) is 5.95 Å². The Morgan fingerprint density at radius 1 is 1.09 bits per heavy atom. The standard InChI is InChI=1S/C10H15BrN5O13P3/c11-9-14-3-1-13-10(12)15-7(3)16(9)8-6(18)5(17)4(27-8)2-26-31(22,23)29-32(24,25)28-30(19,20)21/h1,4-6,8,17-18H,2H2,(H,22,23)(H,24,25)(H2,12,13,15)(H2,19,20,21)/t4-,5-,6-,8-/m1/s1. The van der Waals surface area contributed by atoms with Crippen LogP contribution < -0.4 is 5.73 Å². The van der Waals surface area contributed by atoms with Crippen LogP contribution in [-0.4, -0.2) is 74.2 Å². The highest BCUT2D eigenvalue weighted by molar-refractivity contribution is 9.10. The van der Waals surface area contributed by atoms with Gasteiger partial charge in [0.15, 0.2) is 16.6 Å². The third-order valence-corrected chi connectivity index (χ3v) is 8.18. The van der Waals surface area contributed by atoms with Crippen LogP contribution in [0.3, 0.4) is 0 Å². The highest BCUT2D eigenvalue weighted by Gasteiger charge is 2.47. The van der Waals surface area contributed by atoms with E-state index in [-0.39, 0.29) is 21.8 Å². The van der Waals surface area contributed by atoms with Crippen molar-refractivity contribution in [1.82, 2.24) is 19.5 Å². The van der Waals surface area contributed by atoms with Crippen LogP contribution >= 0.6 is 39.4 Å². The lowest BCUT2D eigenvalue weighted by Gasteiger charge is -2.19. The Morgan fingerprint density at radius 3 is 2.38 bits per heavy atom. The average Bonchev–Trinajstić information content (AvgIpc) is 3.06. The highest BCUT2D eigenvalue weighted by atomic mass is 79.9. The van der Waals surface area contributed by atoms with Crippen LogP contribution in [0, 0.1) is 0 Å². The molecule has 3 heterocycles. The number of nitrogens with zero attached hydrogens (tertiary/aromatic N) is 4. The van der Waals surface area contributed by atoms with E-state index < -0.39 is 54.6 Å². The van der Waals surface area contributed by atoms with E-state index in [1.165, 1.54) is 10.8 Å². The number of imidazole rings is 1. The first-order valence-corrected chi connectivity index (χ1v) is 13.4. The summed E-state index contributed by atoms with van der Waals surface area (Å²) >= 11 is 3.14. The summed E-state index contributed by atoms with van der Waals surface area (Å²) < 4.78 is 52.2. The molecule has 6 atom stereocenters. The quantitative estimate of drug-likeness (QED) is 0.146. The molecule has 180 valence electrons. The molecule has 0 amide bonds. The van der Waals surface area contributed by atoms with E-state index in [1.807, 2.05) is 0 Å². The maximum Gasteiger partial charge on any atom is 0.490 e. The molecule has 0 spiro atoms. The number of fused-ring (bicyclic) bond motifs is 1. The number of hydrogen-bond donors (Lipinski definition) is 7. The zero-order valence-electron chi connectivity index (χ0n) is 15.2. The molecule has 2 aromatic rings. The fraction of sp³-hybridized carbons (Fsp3) is 0.500. The summed E-state index contributed by atoms with van der Waals surface area (Å²) in [5, 5.41) is 20.6. The van der Waals surface area contributed by atoms with E-state index in [9.17, 15) is 28.8 Å². The first kappa shape index (κ1) is 25.7. The molecule has 2 aromatic heterocycles. The third kappa shape index (κ3) is 5.97. The molecule has 0 saturated carbocycles. The van der Waals surface area contributed by atoms with Gasteiger partial charge in [0.2, 0.25) is 5.95 Å². The number of nitrogens with two attached hydrogens (primary N) is 1. The summed E-state index contributed by atoms with van der Waals surface area (Å²) in [5.74, 6) is -0.122. The van der Waals surface area contributed by atoms with E-state index in [2.05, 4.69) is 44.0 Å². The fourth-order valence-corrected chi connectivity index (χ4v) is 6.24. The number of anilines is 1. The molecule has 2 unspecified atom stereocenters.